The molecule has 0 bridgehead atoms. The van der Waals surface area contributed by atoms with Gasteiger partial charge in [0.25, 0.3) is 5.91 Å². The lowest BCUT2D eigenvalue weighted by molar-refractivity contribution is -0.127. The molecule has 2 saturated heterocycles. The van der Waals surface area contributed by atoms with E-state index in [1.165, 1.54) is 25.0 Å². The predicted octanol–water partition coefficient (Wildman–Crippen LogP) is 2.76. The second-order valence-corrected chi connectivity index (χ2v) is 6.86. The first-order valence-corrected chi connectivity index (χ1v) is 9.33. The van der Waals surface area contributed by atoms with E-state index in [1.807, 2.05) is 0 Å². The molecule has 0 N–H and O–H groups in total. The molecule has 0 spiro atoms. The molecule has 0 aliphatic carbocycles. The van der Waals surface area contributed by atoms with Crippen LogP contribution in [0.15, 0.2) is 36.0 Å². The minimum atomic E-state index is -0.250. The van der Waals surface area contributed by atoms with Gasteiger partial charge < -0.3 is 14.7 Å². The smallest absolute Gasteiger partial charge is 0.266 e. The standard InChI is InChI=1S/C20H25FN4O/c21-18-5-7-19(8-6-18)24-11-13-25(14-12-24)20(26)17(15-22)16-23-9-3-1-2-4-10-23/h5-8,16H,1-4,9-14H2/b17-16-. The molecular weight excluding hydrogens is 331 g/mol. The highest BCUT2D eigenvalue weighted by atomic mass is 19.1. The normalized spacial score (nSPS) is 19.1. The number of hydrogen-bond donors (Lipinski definition) is 0. The van der Waals surface area contributed by atoms with E-state index in [0.29, 0.717) is 26.2 Å². The quantitative estimate of drug-likeness (QED) is 0.617. The van der Waals surface area contributed by atoms with Crippen molar-refractivity contribution < 1.29 is 9.18 Å². The number of anilines is 1. The van der Waals surface area contributed by atoms with E-state index >= 15 is 0 Å². The molecular formula is C20H25FN4O. The topological polar surface area (TPSA) is 50.6 Å². The van der Waals surface area contributed by atoms with Crippen molar-refractivity contribution in [2.24, 2.45) is 0 Å². The van der Waals surface area contributed by atoms with Crippen molar-refractivity contribution in [2.45, 2.75) is 25.7 Å². The zero-order valence-corrected chi connectivity index (χ0v) is 15.0. The van der Waals surface area contributed by atoms with Gasteiger partial charge in [-0.1, -0.05) is 12.8 Å². The summed E-state index contributed by atoms with van der Waals surface area (Å²) in [5.41, 5.74) is 1.18. The Morgan fingerprint density at radius 3 is 2.15 bits per heavy atom. The first-order chi connectivity index (χ1) is 12.7. The molecule has 2 heterocycles. The van der Waals surface area contributed by atoms with E-state index in [-0.39, 0.29) is 17.3 Å². The molecule has 2 aliphatic heterocycles. The lowest BCUT2D eigenvalue weighted by Crippen LogP contribution is -2.49. The predicted molar refractivity (Wildman–Crippen MR) is 98.9 cm³/mol. The lowest BCUT2D eigenvalue weighted by Gasteiger charge is -2.36. The number of carbonyl (C=O) groups excluding carboxylic acids is 1. The molecule has 0 saturated carbocycles. The number of piperazine rings is 1. The van der Waals surface area contributed by atoms with Gasteiger partial charge in [-0.3, -0.25) is 4.79 Å². The van der Waals surface area contributed by atoms with Crippen molar-refractivity contribution in [3.8, 4) is 6.07 Å². The summed E-state index contributed by atoms with van der Waals surface area (Å²) in [5.74, 6) is -0.435. The minimum absolute atomic E-state index is 0.185. The number of benzene rings is 1. The molecule has 138 valence electrons. The Morgan fingerprint density at radius 1 is 0.962 bits per heavy atom. The highest BCUT2D eigenvalue weighted by Gasteiger charge is 2.24. The molecule has 0 unspecified atom stereocenters. The summed E-state index contributed by atoms with van der Waals surface area (Å²) in [5, 5.41) is 9.45. The molecule has 2 aliphatic rings. The van der Waals surface area contributed by atoms with Crippen LogP contribution in [0.1, 0.15) is 25.7 Å². The third kappa shape index (κ3) is 4.54. The van der Waals surface area contributed by atoms with E-state index in [9.17, 15) is 14.4 Å². The molecule has 1 amide bonds. The number of halogens is 1. The summed E-state index contributed by atoms with van der Waals surface area (Å²) in [6, 6.07) is 8.50. The highest BCUT2D eigenvalue weighted by molar-refractivity contribution is 5.97. The van der Waals surface area contributed by atoms with E-state index in [0.717, 1.165) is 31.6 Å². The Kier molecular flexibility index (Phi) is 6.11. The SMILES string of the molecule is N#C/C(=C/N1CCCCCC1)C(=O)N1CCN(c2ccc(F)cc2)CC1. The maximum Gasteiger partial charge on any atom is 0.266 e. The maximum atomic E-state index is 13.1. The summed E-state index contributed by atoms with van der Waals surface area (Å²) < 4.78 is 13.1. The highest BCUT2D eigenvalue weighted by Crippen LogP contribution is 2.18. The van der Waals surface area contributed by atoms with Gasteiger partial charge >= 0.3 is 0 Å². The van der Waals surface area contributed by atoms with Crippen LogP contribution in [0.5, 0.6) is 0 Å². The fourth-order valence-corrected chi connectivity index (χ4v) is 3.53. The van der Waals surface area contributed by atoms with Crippen LogP contribution in [0, 0.1) is 17.1 Å². The van der Waals surface area contributed by atoms with Crippen LogP contribution in [-0.4, -0.2) is 55.0 Å². The van der Waals surface area contributed by atoms with Gasteiger partial charge in [0, 0.05) is 51.2 Å². The van der Waals surface area contributed by atoms with Crippen LogP contribution in [-0.2, 0) is 4.79 Å². The Morgan fingerprint density at radius 2 is 1.58 bits per heavy atom. The number of carbonyl (C=O) groups is 1. The van der Waals surface area contributed by atoms with Crippen LogP contribution >= 0.6 is 0 Å². The summed E-state index contributed by atoms with van der Waals surface area (Å²) in [4.78, 5) is 18.7. The fraction of sp³-hybridized carbons (Fsp3) is 0.500. The molecule has 6 heteroatoms. The zero-order chi connectivity index (χ0) is 18.4. The van der Waals surface area contributed by atoms with Crippen LogP contribution in [0.25, 0.3) is 0 Å². The third-order valence-electron chi connectivity index (χ3n) is 5.06. The van der Waals surface area contributed by atoms with Crippen LogP contribution in [0.4, 0.5) is 10.1 Å². The molecule has 3 rings (SSSR count). The Hall–Kier alpha value is -2.55. The monoisotopic (exact) mass is 356 g/mol. The fourth-order valence-electron chi connectivity index (χ4n) is 3.53. The van der Waals surface area contributed by atoms with Gasteiger partial charge in [0.05, 0.1) is 0 Å². The van der Waals surface area contributed by atoms with Gasteiger partial charge in [-0.05, 0) is 37.1 Å². The molecule has 1 aromatic rings. The molecule has 2 fully saturated rings. The van der Waals surface area contributed by atoms with E-state index in [2.05, 4.69) is 15.9 Å². The van der Waals surface area contributed by atoms with Crippen molar-refractivity contribution in [3.05, 3.63) is 41.9 Å². The first-order valence-electron chi connectivity index (χ1n) is 9.33. The second kappa shape index (κ2) is 8.70. The van der Waals surface area contributed by atoms with E-state index < -0.39 is 0 Å². The average molecular weight is 356 g/mol. The Balaban J connectivity index is 1.59. The number of nitriles is 1. The minimum Gasteiger partial charge on any atom is -0.376 e. The summed E-state index contributed by atoms with van der Waals surface area (Å²) in [7, 11) is 0. The van der Waals surface area contributed by atoms with Gasteiger partial charge in [-0.25, -0.2) is 4.39 Å². The Bertz CT molecular complexity index is 679. The molecule has 26 heavy (non-hydrogen) atoms. The van der Waals surface area contributed by atoms with Crippen LogP contribution in [0.2, 0.25) is 0 Å². The van der Waals surface area contributed by atoms with Crippen LogP contribution in [0.3, 0.4) is 0 Å². The zero-order valence-electron chi connectivity index (χ0n) is 15.0. The van der Waals surface area contributed by atoms with E-state index in [4.69, 9.17) is 0 Å². The summed E-state index contributed by atoms with van der Waals surface area (Å²) >= 11 is 0. The molecule has 0 aromatic heterocycles. The van der Waals surface area contributed by atoms with E-state index in [1.54, 1.807) is 23.2 Å². The van der Waals surface area contributed by atoms with Gasteiger partial charge in [-0.2, -0.15) is 5.26 Å². The first kappa shape index (κ1) is 18.2. The molecule has 5 nitrogen and oxygen atoms in total. The number of rotatable bonds is 3. The molecule has 1 aromatic carbocycles. The van der Waals surface area contributed by atoms with Crippen LogP contribution < -0.4 is 4.90 Å². The van der Waals surface area contributed by atoms with Gasteiger partial charge in [0.1, 0.15) is 17.5 Å². The number of nitrogens with zero attached hydrogens (tertiary/aromatic N) is 4. The molecule has 0 atom stereocenters. The maximum absolute atomic E-state index is 13.1. The van der Waals surface area contributed by atoms with Crippen molar-refractivity contribution in [1.29, 1.82) is 5.26 Å². The Labute approximate surface area is 154 Å². The molecule has 0 radical (unpaired) electrons. The number of likely N-dealkylation sites (tertiary alicyclic amines) is 1. The largest absolute Gasteiger partial charge is 0.376 e. The second-order valence-electron chi connectivity index (χ2n) is 6.86. The van der Waals surface area contributed by atoms with Gasteiger partial charge in [-0.15, -0.1) is 0 Å². The summed E-state index contributed by atoms with van der Waals surface area (Å²) in [6.45, 7) is 4.32. The van der Waals surface area contributed by atoms with Crippen molar-refractivity contribution in [3.63, 3.8) is 0 Å². The third-order valence-corrected chi connectivity index (χ3v) is 5.06. The summed E-state index contributed by atoms with van der Waals surface area (Å²) in [6.07, 6.45) is 6.40. The number of hydrogen-bond acceptors (Lipinski definition) is 4. The number of amides is 1. The van der Waals surface area contributed by atoms with Gasteiger partial charge in [0.15, 0.2) is 0 Å². The average Bonchev–Trinajstić information content (AvgIpc) is 2.95. The van der Waals surface area contributed by atoms with Crippen molar-refractivity contribution in [2.75, 3.05) is 44.2 Å². The lowest BCUT2D eigenvalue weighted by atomic mass is 10.2. The van der Waals surface area contributed by atoms with Crippen molar-refractivity contribution >= 4 is 11.6 Å². The van der Waals surface area contributed by atoms with Crippen molar-refractivity contribution in [1.82, 2.24) is 9.80 Å². The van der Waals surface area contributed by atoms with Gasteiger partial charge in [0.2, 0.25) is 0 Å².